The highest BCUT2D eigenvalue weighted by molar-refractivity contribution is 5.85. The van der Waals surface area contributed by atoms with Crippen LogP contribution < -0.4 is 0 Å². The van der Waals surface area contributed by atoms with Gasteiger partial charge in [0.1, 0.15) is 5.78 Å². The lowest BCUT2D eigenvalue weighted by Gasteiger charge is -2.03. The second-order valence-electron chi connectivity index (χ2n) is 3.36. The van der Waals surface area contributed by atoms with Crippen LogP contribution in [0.15, 0.2) is 24.3 Å². The van der Waals surface area contributed by atoms with Gasteiger partial charge in [0.25, 0.3) is 0 Å². The zero-order valence-electron chi connectivity index (χ0n) is 7.98. The van der Waals surface area contributed by atoms with E-state index in [2.05, 4.69) is 0 Å². The fourth-order valence-electron chi connectivity index (χ4n) is 1.39. The third-order valence-electron chi connectivity index (χ3n) is 2.18. The zero-order valence-corrected chi connectivity index (χ0v) is 7.98. The lowest BCUT2D eigenvalue weighted by atomic mass is 10.0. The number of Topliss-reactive ketones (excluding diaryl/α,β-unsaturated/α-hetero) is 1. The minimum absolute atomic E-state index is 0.0696. The summed E-state index contributed by atoms with van der Waals surface area (Å²) in [5, 5.41) is 8.38. The number of rotatable bonds is 6. The molecule has 0 unspecified atom stereocenters. The summed E-state index contributed by atoms with van der Waals surface area (Å²) in [6.45, 7) is 0. The van der Waals surface area contributed by atoms with E-state index in [1.54, 1.807) is 0 Å². The highest BCUT2D eigenvalue weighted by Gasteiger charge is 2.13. The zero-order chi connectivity index (χ0) is 10.4. The van der Waals surface area contributed by atoms with Crippen LogP contribution in [0.2, 0.25) is 0 Å². The minimum Gasteiger partial charge on any atom is -0.481 e. The maximum Gasteiger partial charge on any atom is 0.303 e. The number of allylic oxidation sites excluding steroid dienone is 4. The molecular formula is C11H14O3. The first-order chi connectivity index (χ1) is 6.70. The van der Waals surface area contributed by atoms with Gasteiger partial charge in [0.05, 0.1) is 5.92 Å². The van der Waals surface area contributed by atoms with E-state index in [1.165, 1.54) is 0 Å². The summed E-state index contributed by atoms with van der Waals surface area (Å²) >= 11 is 0. The molecule has 1 rings (SSSR count). The van der Waals surface area contributed by atoms with Crippen molar-refractivity contribution in [2.24, 2.45) is 5.92 Å². The van der Waals surface area contributed by atoms with E-state index in [1.807, 2.05) is 24.3 Å². The number of ketones is 1. The number of carbonyl (C=O) groups is 2. The van der Waals surface area contributed by atoms with Gasteiger partial charge < -0.3 is 5.11 Å². The van der Waals surface area contributed by atoms with Crippen molar-refractivity contribution in [1.29, 1.82) is 0 Å². The van der Waals surface area contributed by atoms with Crippen molar-refractivity contribution >= 4 is 11.8 Å². The Labute approximate surface area is 83.1 Å². The maximum atomic E-state index is 11.4. The van der Waals surface area contributed by atoms with Crippen molar-refractivity contribution in [1.82, 2.24) is 0 Å². The molecule has 0 aromatic rings. The van der Waals surface area contributed by atoms with Crippen LogP contribution in [0, 0.1) is 5.92 Å². The second kappa shape index (κ2) is 5.37. The molecule has 0 aliphatic heterocycles. The number of carboxylic acids is 1. The Balaban J connectivity index is 2.12. The molecule has 1 N–H and O–H groups in total. The summed E-state index contributed by atoms with van der Waals surface area (Å²) in [7, 11) is 0. The summed E-state index contributed by atoms with van der Waals surface area (Å²) in [4.78, 5) is 21.6. The van der Waals surface area contributed by atoms with Gasteiger partial charge in [-0.2, -0.15) is 0 Å². The molecule has 3 nitrogen and oxygen atoms in total. The maximum absolute atomic E-state index is 11.4. The van der Waals surface area contributed by atoms with Crippen LogP contribution in [0.3, 0.4) is 0 Å². The SMILES string of the molecule is O=C(O)CCCCC(=O)C1C=CC=C1. The van der Waals surface area contributed by atoms with Gasteiger partial charge in [0.2, 0.25) is 0 Å². The first kappa shape index (κ1) is 10.7. The van der Waals surface area contributed by atoms with Crippen molar-refractivity contribution in [3.05, 3.63) is 24.3 Å². The van der Waals surface area contributed by atoms with Gasteiger partial charge in [-0.15, -0.1) is 0 Å². The third-order valence-corrected chi connectivity index (χ3v) is 2.18. The highest BCUT2D eigenvalue weighted by Crippen LogP contribution is 2.14. The monoisotopic (exact) mass is 194 g/mol. The lowest BCUT2D eigenvalue weighted by Crippen LogP contribution is -2.08. The molecule has 0 aromatic heterocycles. The van der Waals surface area contributed by atoms with E-state index in [-0.39, 0.29) is 18.1 Å². The molecule has 3 heteroatoms. The van der Waals surface area contributed by atoms with Crippen LogP contribution >= 0.6 is 0 Å². The third kappa shape index (κ3) is 3.56. The van der Waals surface area contributed by atoms with Gasteiger partial charge in [0, 0.05) is 12.8 Å². The van der Waals surface area contributed by atoms with Crippen molar-refractivity contribution in [2.45, 2.75) is 25.7 Å². The fraction of sp³-hybridized carbons (Fsp3) is 0.455. The van der Waals surface area contributed by atoms with Crippen LogP contribution in [-0.4, -0.2) is 16.9 Å². The van der Waals surface area contributed by atoms with Crippen LogP contribution in [0.4, 0.5) is 0 Å². The number of carbonyl (C=O) groups excluding carboxylic acids is 1. The van der Waals surface area contributed by atoms with Gasteiger partial charge in [-0.3, -0.25) is 9.59 Å². The molecule has 0 aromatic carbocycles. The van der Waals surface area contributed by atoms with Crippen LogP contribution in [0.25, 0.3) is 0 Å². The number of carboxylic acid groups (broad SMARTS) is 1. The van der Waals surface area contributed by atoms with Crippen LogP contribution in [0.5, 0.6) is 0 Å². The molecule has 0 atom stereocenters. The van der Waals surface area contributed by atoms with Gasteiger partial charge in [-0.05, 0) is 12.8 Å². The molecule has 14 heavy (non-hydrogen) atoms. The number of unbranched alkanes of at least 4 members (excludes halogenated alkanes) is 1. The first-order valence-corrected chi connectivity index (χ1v) is 4.79. The minimum atomic E-state index is -0.793. The largest absolute Gasteiger partial charge is 0.481 e. The summed E-state index contributed by atoms with van der Waals surface area (Å²) < 4.78 is 0. The molecule has 76 valence electrons. The molecule has 1 aliphatic carbocycles. The van der Waals surface area contributed by atoms with E-state index in [4.69, 9.17) is 5.11 Å². The van der Waals surface area contributed by atoms with Crippen molar-refractivity contribution < 1.29 is 14.7 Å². The first-order valence-electron chi connectivity index (χ1n) is 4.79. The Bertz CT molecular complexity index is 264. The quantitative estimate of drug-likeness (QED) is 0.657. The molecule has 0 heterocycles. The summed E-state index contributed by atoms with van der Waals surface area (Å²) in [5.41, 5.74) is 0. The van der Waals surface area contributed by atoms with E-state index in [0.717, 1.165) is 0 Å². The predicted octanol–water partition coefficient (Wildman–Crippen LogP) is 1.94. The molecule has 0 radical (unpaired) electrons. The van der Waals surface area contributed by atoms with Crippen molar-refractivity contribution in [3.63, 3.8) is 0 Å². The predicted molar refractivity (Wildman–Crippen MR) is 52.9 cm³/mol. The number of hydrogen-bond acceptors (Lipinski definition) is 2. The van der Waals surface area contributed by atoms with E-state index in [0.29, 0.717) is 19.3 Å². The Morgan fingerprint density at radius 2 is 1.64 bits per heavy atom. The Hall–Kier alpha value is -1.38. The van der Waals surface area contributed by atoms with Gasteiger partial charge in [-0.25, -0.2) is 0 Å². The molecule has 1 aliphatic rings. The fourth-order valence-corrected chi connectivity index (χ4v) is 1.39. The lowest BCUT2D eigenvalue weighted by molar-refractivity contribution is -0.137. The average molecular weight is 194 g/mol. The molecule has 0 bridgehead atoms. The van der Waals surface area contributed by atoms with Crippen molar-refractivity contribution in [3.8, 4) is 0 Å². The molecule has 0 spiro atoms. The van der Waals surface area contributed by atoms with Crippen LogP contribution in [0.1, 0.15) is 25.7 Å². The summed E-state index contributed by atoms with van der Waals surface area (Å²) in [6.07, 6.45) is 9.33. The molecule has 0 fully saturated rings. The standard InChI is InChI=1S/C11H14O3/c12-10(9-5-1-2-6-9)7-3-4-8-11(13)14/h1-2,5-6,9H,3-4,7-8H2,(H,13,14). The summed E-state index contributed by atoms with van der Waals surface area (Å²) in [5.74, 6) is -0.682. The van der Waals surface area contributed by atoms with Crippen molar-refractivity contribution in [2.75, 3.05) is 0 Å². The smallest absolute Gasteiger partial charge is 0.303 e. The van der Waals surface area contributed by atoms with E-state index >= 15 is 0 Å². The normalized spacial score (nSPS) is 14.9. The van der Waals surface area contributed by atoms with Gasteiger partial charge in [-0.1, -0.05) is 24.3 Å². The molecule has 0 amide bonds. The van der Waals surface area contributed by atoms with E-state index in [9.17, 15) is 9.59 Å². The molecular weight excluding hydrogens is 180 g/mol. The second-order valence-corrected chi connectivity index (χ2v) is 3.36. The van der Waals surface area contributed by atoms with E-state index < -0.39 is 5.97 Å². The summed E-state index contributed by atoms with van der Waals surface area (Å²) in [6, 6.07) is 0. The highest BCUT2D eigenvalue weighted by atomic mass is 16.4. The topological polar surface area (TPSA) is 54.4 Å². The van der Waals surface area contributed by atoms with Crippen LogP contribution in [-0.2, 0) is 9.59 Å². The molecule has 0 saturated heterocycles. The van der Waals surface area contributed by atoms with Gasteiger partial charge in [0.15, 0.2) is 0 Å². The Morgan fingerprint density at radius 1 is 1.07 bits per heavy atom. The Morgan fingerprint density at radius 3 is 2.21 bits per heavy atom. The number of hydrogen-bond donors (Lipinski definition) is 1. The molecule has 0 saturated carbocycles. The Kier molecular flexibility index (Phi) is 4.11. The average Bonchev–Trinajstić information content (AvgIpc) is 2.64. The van der Waals surface area contributed by atoms with Gasteiger partial charge >= 0.3 is 5.97 Å². The number of aliphatic carboxylic acids is 1.